The first-order valence-electron chi connectivity index (χ1n) is 10.2. The molecule has 0 fully saturated rings. The van der Waals surface area contributed by atoms with Gasteiger partial charge in [0.1, 0.15) is 0 Å². The Morgan fingerprint density at radius 2 is 1.54 bits per heavy atom. The molecule has 2 rings (SSSR count). The van der Waals surface area contributed by atoms with Gasteiger partial charge in [-0.05, 0) is 29.9 Å². The molecule has 28 heavy (non-hydrogen) atoms. The number of ether oxygens (including phenoxy) is 1. The highest BCUT2D eigenvalue weighted by Gasteiger charge is 2.26. The second-order valence-corrected chi connectivity index (χ2v) is 7.25. The summed E-state index contributed by atoms with van der Waals surface area (Å²) in [7, 11) is 1.45. The van der Waals surface area contributed by atoms with Crippen LogP contribution in [0.1, 0.15) is 43.7 Å². The first-order valence-corrected chi connectivity index (χ1v) is 10.2. The number of methoxy groups -OCH3 is 1. The van der Waals surface area contributed by atoms with Gasteiger partial charge in [-0.3, -0.25) is 9.69 Å². The third-order valence-electron chi connectivity index (χ3n) is 5.22. The molecule has 0 spiro atoms. The number of hydrogen-bond donors (Lipinski definition) is 0. The normalized spacial score (nSPS) is 13.1. The predicted octanol–water partition coefficient (Wildman–Crippen LogP) is 5.61. The van der Waals surface area contributed by atoms with Crippen molar-refractivity contribution >= 4 is 5.97 Å². The maximum absolute atomic E-state index is 11.7. The van der Waals surface area contributed by atoms with E-state index >= 15 is 0 Å². The highest BCUT2D eigenvalue weighted by atomic mass is 16.5. The number of benzene rings is 2. The van der Waals surface area contributed by atoms with Gasteiger partial charge in [0.05, 0.1) is 7.11 Å². The summed E-state index contributed by atoms with van der Waals surface area (Å²) in [6.45, 7) is 8.06. The monoisotopic (exact) mass is 379 g/mol. The molecule has 0 amide bonds. The fourth-order valence-electron chi connectivity index (χ4n) is 3.74. The van der Waals surface area contributed by atoms with Gasteiger partial charge in [-0.1, -0.05) is 80.1 Å². The Morgan fingerprint density at radius 3 is 1.96 bits per heavy atom. The zero-order valence-electron chi connectivity index (χ0n) is 17.2. The average molecular weight is 380 g/mol. The smallest absolute Gasteiger partial charge is 0.305 e. The molecule has 0 radical (unpaired) electrons. The minimum atomic E-state index is -0.153. The topological polar surface area (TPSA) is 29.5 Å². The summed E-state index contributed by atoms with van der Waals surface area (Å²) in [4.78, 5) is 14.2. The van der Waals surface area contributed by atoms with Gasteiger partial charge in [-0.2, -0.15) is 0 Å². The maximum Gasteiger partial charge on any atom is 0.305 e. The molecule has 2 aromatic rings. The fraction of sp³-hybridized carbons (Fsp3) is 0.400. The Hall–Kier alpha value is -2.39. The lowest BCUT2D eigenvalue weighted by molar-refractivity contribution is -0.141. The van der Waals surface area contributed by atoms with E-state index < -0.39 is 0 Å². The summed E-state index contributed by atoms with van der Waals surface area (Å²) >= 11 is 0. The van der Waals surface area contributed by atoms with Crippen LogP contribution in [0, 0.1) is 5.92 Å². The molecule has 0 heterocycles. The van der Waals surface area contributed by atoms with E-state index in [1.54, 1.807) is 0 Å². The second-order valence-electron chi connectivity index (χ2n) is 7.25. The van der Waals surface area contributed by atoms with Gasteiger partial charge >= 0.3 is 5.97 Å². The molecule has 0 unspecified atom stereocenters. The maximum atomic E-state index is 11.7. The van der Waals surface area contributed by atoms with Crippen molar-refractivity contribution in [3.8, 4) is 0 Å². The van der Waals surface area contributed by atoms with Crippen LogP contribution in [-0.2, 0) is 22.6 Å². The Bertz CT molecular complexity index is 658. The van der Waals surface area contributed by atoms with Crippen LogP contribution in [0.2, 0.25) is 0 Å². The van der Waals surface area contributed by atoms with Crippen molar-refractivity contribution in [3.05, 3.63) is 84.4 Å². The van der Waals surface area contributed by atoms with Crippen molar-refractivity contribution in [2.45, 2.75) is 51.7 Å². The molecule has 2 atom stereocenters. The van der Waals surface area contributed by atoms with Crippen molar-refractivity contribution in [1.82, 2.24) is 4.90 Å². The summed E-state index contributed by atoms with van der Waals surface area (Å²) in [6.07, 6.45) is 5.37. The molecule has 0 aliphatic carbocycles. The van der Waals surface area contributed by atoms with E-state index in [2.05, 4.69) is 79.1 Å². The third kappa shape index (κ3) is 6.97. The van der Waals surface area contributed by atoms with Crippen molar-refractivity contribution in [1.29, 1.82) is 0 Å². The first-order chi connectivity index (χ1) is 13.7. The van der Waals surface area contributed by atoms with Crippen molar-refractivity contribution in [3.63, 3.8) is 0 Å². The van der Waals surface area contributed by atoms with Crippen LogP contribution >= 0.6 is 0 Å². The van der Waals surface area contributed by atoms with Crippen LogP contribution in [0.15, 0.2) is 73.3 Å². The fourth-order valence-corrected chi connectivity index (χ4v) is 3.74. The number of hydrogen-bond acceptors (Lipinski definition) is 3. The molecular weight excluding hydrogens is 346 g/mol. The zero-order chi connectivity index (χ0) is 20.2. The van der Waals surface area contributed by atoms with Crippen LogP contribution in [0.3, 0.4) is 0 Å². The molecule has 3 heteroatoms. The number of carbonyl (C=O) groups is 1. The molecule has 0 saturated heterocycles. The highest BCUT2D eigenvalue weighted by molar-refractivity contribution is 5.69. The summed E-state index contributed by atoms with van der Waals surface area (Å²) in [6, 6.07) is 21.5. The molecule has 2 aromatic carbocycles. The summed E-state index contributed by atoms with van der Waals surface area (Å²) in [5, 5.41) is 0. The number of carbonyl (C=O) groups excluding carboxylic acids is 1. The van der Waals surface area contributed by atoms with Gasteiger partial charge in [0.25, 0.3) is 0 Å². The standard InChI is InChI=1S/C25H33NO2/c1-4-12-24(23(5-2)17-18-25(27)28-3)26(19-21-13-8-6-9-14-21)20-22-15-10-7-11-16-22/h5-11,13-16,23-24H,2,4,12,17-20H2,1,3H3/t23-,24-/m0/s1. The number of rotatable bonds is 12. The quantitative estimate of drug-likeness (QED) is 0.354. The summed E-state index contributed by atoms with van der Waals surface area (Å²) < 4.78 is 4.85. The predicted molar refractivity (Wildman–Crippen MR) is 116 cm³/mol. The van der Waals surface area contributed by atoms with Crippen molar-refractivity contribution in [2.24, 2.45) is 5.92 Å². The molecule has 150 valence electrons. The molecule has 0 aliphatic rings. The van der Waals surface area contributed by atoms with E-state index in [4.69, 9.17) is 4.74 Å². The van der Waals surface area contributed by atoms with Crippen LogP contribution in [0.5, 0.6) is 0 Å². The Labute approximate surface area is 170 Å². The van der Waals surface area contributed by atoms with Gasteiger partial charge in [0, 0.05) is 25.6 Å². The van der Waals surface area contributed by atoms with Gasteiger partial charge < -0.3 is 4.74 Å². The third-order valence-corrected chi connectivity index (χ3v) is 5.22. The minimum absolute atomic E-state index is 0.153. The largest absolute Gasteiger partial charge is 0.469 e. The molecule has 3 nitrogen and oxygen atoms in total. The highest BCUT2D eigenvalue weighted by Crippen LogP contribution is 2.26. The number of nitrogens with zero attached hydrogens (tertiary/aromatic N) is 1. The zero-order valence-corrected chi connectivity index (χ0v) is 17.2. The van der Waals surface area contributed by atoms with Gasteiger partial charge in [-0.15, -0.1) is 6.58 Å². The number of esters is 1. The Kier molecular flexibility index (Phi) is 9.50. The van der Waals surface area contributed by atoms with E-state index in [1.165, 1.54) is 18.2 Å². The summed E-state index contributed by atoms with van der Waals surface area (Å²) in [5.74, 6) is 0.0891. The SMILES string of the molecule is C=C[C@@H](CCC(=O)OC)[C@H](CCC)N(Cc1ccccc1)Cc1ccccc1. The lowest BCUT2D eigenvalue weighted by Gasteiger charge is -2.36. The van der Waals surface area contributed by atoms with Crippen LogP contribution < -0.4 is 0 Å². The molecule has 0 N–H and O–H groups in total. The van der Waals surface area contributed by atoms with E-state index in [-0.39, 0.29) is 11.9 Å². The lowest BCUT2D eigenvalue weighted by atomic mass is 9.89. The first kappa shape index (κ1) is 21.9. The molecule has 0 aromatic heterocycles. The van der Waals surface area contributed by atoms with Gasteiger partial charge in [-0.25, -0.2) is 0 Å². The van der Waals surface area contributed by atoms with E-state index in [0.29, 0.717) is 12.5 Å². The van der Waals surface area contributed by atoms with Crippen LogP contribution in [0.25, 0.3) is 0 Å². The van der Waals surface area contributed by atoms with Gasteiger partial charge in [0.2, 0.25) is 0 Å². The molecule has 0 bridgehead atoms. The van der Waals surface area contributed by atoms with Crippen molar-refractivity contribution < 1.29 is 9.53 Å². The van der Waals surface area contributed by atoms with E-state index in [9.17, 15) is 4.79 Å². The van der Waals surface area contributed by atoms with E-state index in [1.807, 2.05) is 6.08 Å². The van der Waals surface area contributed by atoms with Crippen LogP contribution in [-0.4, -0.2) is 24.0 Å². The minimum Gasteiger partial charge on any atom is -0.469 e. The van der Waals surface area contributed by atoms with Crippen LogP contribution in [0.4, 0.5) is 0 Å². The average Bonchev–Trinajstić information content (AvgIpc) is 2.74. The molecular formula is C25H33NO2. The Balaban J connectivity index is 2.25. The molecule has 0 aliphatic heterocycles. The van der Waals surface area contributed by atoms with Gasteiger partial charge in [0.15, 0.2) is 0 Å². The van der Waals surface area contributed by atoms with Crippen molar-refractivity contribution in [2.75, 3.05) is 7.11 Å². The van der Waals surface area contributed by atoms with E-state index in [0.717, 1.165) is 32.4 Å². The lowest BCUT2D eigenvalue weighted by Crippen LogP contribution is -2.39. The molecule has 0 saturated carbocycles. The summed E-state index contributed by atoms with van der Waals surface area (Å²) in [5.41, 5.74) is 2.60. The Morgan fingerprint density at radius 1 is 1.00 bits per heavy atom. The second kappa shape index (κ2) is 12.1.